The van der Waals surface area contributed by atoms with Crippen LogP contribution in [0.1, 0.15) is 0 Å². The molecule has 10 heteroatoms. The summed E-state index contributed by atoms with van der Waals surface area (Å²) in [5, 5.41) is 11.6. The van der Waals surface area contributed by atoms with E-state index in [1.807, 2.05) is 0 Å². The molecule has 1 N–H and O–H groups in total. The fraction of sp³-hybridized carbons (Fsp3) is 0.111. The minimum Gasteiger partial charge on any atom is -0.305 e. The van der Waals surface area contributed by atoms with E-state index >= 15 is 0 Å². The number of thiazole rings is 1. The zero-order chi connectivity index (χ0) is 19.7. The van der Waals surface area contributed by atoms with Crippen LogP contribution in [0.2, 0.25) is 0 Å². The highest BCUT2D eigenvalue weighted by molar-refractivity contribution is 7.99. The second kappa shape index (κ2) is 7.64. The van der Waals surface area contributed by atoms with Crippen molar-refractivity contribution in [1.82, 2.24) is 19.7 Å². The minimum absolute atomic E-state index is 0.0769. The molecule has 0 atom stereocenters. The molecule has 2 heterocycles. The topological polar surface area (TPSA) is 72.7 Å². The number of benzene rings is 2. The fourth-order valence-electron chi connectivity index (χ4n) is 2.56. The Morgan fingerprint density at radius 2 is 2.04 bits per heavy atom. The third kappa shape index (κ3) is 3.73. The summed E-state index contributed by atoms with van der Waals surface area (Å²) in [6, 6.07) is 10.6. The molecule has 0 aliphatic carbocycles. The Morgan fingerprint density at radius 3 is 2.86 bits per heavy atom. The number of amides is 1. The van der Waals surface area contributed by atoms with Crippen LogP contribution in [0.3, 0.4) is 0 Å². The SMILES string of the molecule is Cn1c(SCC(=O)Nc2nc3ccc(F)cc3s2)nnc1-c1ccccc1F. The van der Waals surface area contributed by atoms with E-state index in [4.69, 9.17) is 0 Å². The van der Waals surface area contributed by atoms with E-state index in [0.29, 0.717) is 31.9 Å². The Balaban J connectivity index is 1.43. The van der Waals surface area contributed by atoms with Gasteiger partial charge < -0.3 is 9.88 Å². The molecular weight excluding hydrogens is 404 g/mol. The van der Waals surface area contributed by atoms with Gasteiger partial charge in [-0.3, -0.25) is 4.79 Å². The molecule has 4 rings (SSSR count). The maximum atomic E-state index is 14.0. The van der Waals surface area contributed by atoms with Gasteiger partial charge in [-0.25, -0.2) is 13.8 Å². The number of carbonyl (C=O) groups excluding carboxylic acids is 1. The van der Waals surface area contributed by atoms with E-state index in [1.165, 1.54) is 41.3 Å². The van der Waals surface area contributed by atoms with Crippen molar-refractivity contribution >= 4 is 44.4 Å². The lowest BCUT2D eigenvalue weighted by atomic mass is 10.2. The molecule has 2 aromatic heterocycles. The molecule has 0 radical (unpaired) electrons. The summed E-state index contributed by atoms with van der Waals surface area (Å²) in [6.45, 7) is 0. The van der Waals surface area contributed by atoms with Gasteiger partial charge >= 0.3 is 0 Å². The van der Waals surface area contributed by atoms with Crippen LogP contribution in [0.5, 0.6) is 0 Å². The Kier molecular flexibility index (Phi) is 5.05. The molecule has 0 saturated carbocycles. The van der Waals surface area contributed by atoms with Crippen molar-refractivity contribution in [3.05, 3.63) is 54.1 Å². The third-order valence-corrected chi connectivity index (χ3v) is 5.83. The van der Waals surface area contributed by atoms with Crippen LogP contribution in [-0.4, -0.2) is 31.4 Å². The van der Waals surface area contributed by atoms with Crippen molar-refractivity contribution in [1.29, 1.82) is 0 Å². The summed E-state index contributed by atoms with van der Waals surface area (Å²) < 4.78 is 29.5. The predicted octanol–water partition coefficient (Wildman–Crippen LogP) is 4.10. The van der Waals surface area contributed by atoms with Gasteiger partial charge in [-0.1, -0.05) is 35.2 Å². The molecule has 0 spiro atoms. The first-order valence-corrected chi connectivity index (χ1v) is 9.94. The van der Waals surface area contributed by atoms with Crippen LogP contribution in [0.4, 0.5) is 13.9 Å². The standard InChI is InChI=1S/C18H13F2N5OS2/c1-25-16(11-4-2-3-5-12(11)20)23-24-18(25)27-9-15(26)22-17-21-13-7-6-10(19)8-14(13)28-17/h2-8H,9H2,1H3,(H,21,22,26). The molecule has 1 amide bonds. The van der Waals surface area contributed by atoms with E-state index in [0.717, 1.165) is 0 Å². The number of hydrogen-bond donors (Lipinski definition) is 1. The van der Waals surface area contributed by atoms with Crippen molar-refractivity contribution in [2.24, 2.45) is 7.05 Å². The predicted molar refractivity (Wildman–Crippen MR) is 105 cm³/mol. The van der Waals surface area contributed by atoms with Crippen molar-refractivity contribution in [2.75, 3.05) is 11.1 Å². The second-order valence-electron chi connectivity index (χ2n) is 5.81. The van der Waals surface area contributed by atoms with E-state index < -0.39 is 0 Å². The number of nitrogens with one attached hydrogen (secondary N) is 1. The highest BCUT2D eigenvalue weighted by Gasteiger charge is 2.16. The Hall–Kier alpha value is -2.85. The molecule has 2 aromatic carbocycles. The molecular formula is C18H13F2N5OS2. The largest absolute Gasteiger partial charge is 0.305 e. The number of hydrogen-bond acceptors (Lipinski definition) is 6. The van der Waals surface area contributed by atoms with E-state index in [2.05, 4.69) is 20.5 Å². The van der Waals surface area contributed by atoms with Crippen LogP contribution in [-0.2, 0) is 11.8 Å². The second-order valence-corrected chi connectivity index (χ2v) is 7.79. The van der Waals surface area contributed by atoms with Gasteiger partial charge in [0.2, 0.25) is 5.91 Å². The van der Waals surface area contributed by atoms with Crippen LogP contribution in [0, 0.1) is 11.6 Å². The van der Waals surface area contributed by atoms with Gasteiger partial charge in [0, 0.05) is 7.05 Å². The van der Waals surface area contributed by atoms with Gasteiger partial charge in [-0.15, -0.1) is 10.2 Å². The number of rotatable bonds is 5. The molecule has 4 aromatic rings. The Labute approximate surface area is 166 Å². The molecule has 0 bridgehead atoms. The monoisotopic (exact) mass is 417 g/mol. The van der Waals surface area contributed by atoms with Crippen LogP contribution in [0.15, 0.2) is 47.6 Å². The third-order valence-electron chi connectivity index (χ3n) is 3.88. The first kappa shape index (κ1) is 18.5. The molecule has 0 fully saturated rings. The maximum absolute atomic E-state index is 14.0. The zero-order valence-corrected chi connectivity index (χ0v) is 16.2. The summed E-state index contributed by atoms with van der Waals surface area (Å²) in [5.41, 5.74) is 0.965. The number of thioether (sulfide) groups is 1. The summed E-state index contributed by atoms with van der Waals surface area (Å²) in [7, 11) is 1.71. The van der Waals surface area contributed by atoms with Gasteiger partial charge in [0.15, 0.2) is 16.1 Å². The molecule has 142 valence electrons. The highest BCUT2D eigenvalue weighted by atomic mass is 32.2. The molecule has 28 heavy (non-hydrogen) atoms. The van der Waals surface area contributed by atoms with Crippen LogP contribution in [0.25, 0.3) is 21.6 Å². The molecule has 0 aliphatic rings. The quantitative estimate of drug-likeness (QED) is 0.495. The number of nitrogens with zero attached hydrogens (tertiary/aromatic N) is 4. The average molecular weight is 417 g/mol. The lowest BCUT2D eigenvalue weighted by Crippen LogP contribution is -2.14. The van der Waals surface area contributed by atoms with E-state index in [9.17, 15) is 13.6 Å². The van der Waals surface area contributed by atoms with Crippen molar-refractivity contribution < 1.29 is 13.6 Å². The van der Waals surface area contributed by atoms with Crippen LogP contribution >= 0.6 is 23.1 Å². The smallest absolute Gasteiger partial charge is 0.236 e. The number of fused-ring (bicyclic) bond motifs is 1. The first-order valence-electron chi connectivity index (χ1n) is 8.14. The lowest BCUT2D eigenvalue weighted by Gasteiger charge is -2.04. The van der Waals surface area contributed by atoms with Gasteiger partial charge in [0.05, 0.1) is 21.5 Å². The Morgan fingerprint density at radius 1 is 1.21 bits per heavy atom. The zero-order valence-electron chi connectivity index (χ0n) is 14.5. The number of carbonyl (C=O) groups is 1. The summed E-state index contributed by atoms with van der Waals surface area (Å²) in [5.74, 6) is -0.556. The van der Waals surface area contributed by atoms with Crippen molar-refractivity contribution in [3.8, 4) is 11.4 Å². The summed E-state index contributed by atoms with van der Waals surface area (Å²) in [4.78, 5) is 16.5. The number of aromatic nitrogens is 4. The highest BCUT2D eigenvalue weighted by Crippen LogP contribution is 2.27. The molecule has 0 unspecified atom stereocenters. The first-order chi connectivity index (χ1) is 13.5. The van der Waals surface area contributed by atoms with Crippen molar-refractivity contribution in [2.45, 2.75) is 5.16 Å². The summed E-state index contributed by atoms with van der Waals surface area (Å²) in [6.07, 6.45) is 0. The van der Waals surface area contributed by atoms with Gasteiger partial charge in [-0.2, -0.15) is 0 Å². The normalized spacial score (nSPS) is 11.1. The summed E-state index contributed by atoms with van der Waals surface area (Å²) >= 11 is 2.38. The fourth-order valence-corrected chi connectivity index (χ4v) is 4.17. The average Bonchev–Trinajstić information content (AvgIpc) is 3.23. The molecule has 0 saturated heterocycles. The van der Waals surface area contributed by atoms with E-state index in [-0.39, 0.29) is 23.3 Å². The minimum atomic E-state index is -0.389. The lowest BCUT2D eigenvalue weighted by molar-refractivity contribution is -0.113. The Bertz CT molecular complexity index is 1170. The van der Waals surface area contributed by atoms with Crippen LogP contribution < -0.4 is 5.32 Å². The van der Waals surface area contributed by atoms with Gasteiger partial charge in [0.25, 0.3) is 0 Å². The van der Waals surface area contributed by atoms with E-state index in [1.54, 1.807) is 35.9 Å². The molecule has 6 nitrogen and oxygen atoms in total. The number of halogens is 2. The molecule has 0 aliphatic heterocycles. The van der Waals surface area contributed by atoms with Crippen molar-refractivity contribution in [3.63, 3.8) is 0 Å². The van der Waals surface area contributed by atoms with Gasteiger partial charge in [-0.05, 0) is 30.3 Å². The number of anilines is 1. The maximum Gasteiger partial charge on any atom is 0.236 e. The van der Waals surface area contributed by atoms with Gasteiger partial charge in [0.1, 0.15) is 11.6 Å².